The van der Waals surface area contributed by atoms with E-state index in [1.165, 1.54) is 12.1 Å². The van der Waals surface area contributed by atoms with Gasteiger partial charge in [0, 0.05) is 41.3 Å². The highest BCUT2D eigenvalue weighted by atomic mass is 19.1. The van der Waals surface area contributed by atoms with Crippen LogP contribution in [0.1, 0.15) is 19.0 Å². The number of hydrogen-bond acceptors (Lipinski definition) is 4. The van der Waals surface area contributed by atoms with E-state index < -0.39 is 12.1 Å². The van der Waals surface area contributed by atoms with Gasteiger partial charge in [-0.15, -0.1) is 0 Å². The number of benzene rings is 2. The zero-order valence-corrected chi connectivity index (χ0v) is 16.2. The van der Waals surface area contributed by atoms with Crippen molar-refractivity contribution in [2.24, 2.45) is 17.4 Å². The summed E-state index contributed by atoms with van der Waals surface area (Å²) in [6, 6.07) is 14.2. The third-order valence-electron chi connectivity index (χ3n) is 5.35. The van der Waals surface area contributed by atoms with Crippen LogP contribution in [0.25, 0.3) is 22.0 Å². The van der Waals surface area contributed by atoms with Crippen molar-refractivity contribution < 1.29 is 9.50 Å². The molecule has 150 valence electrons. The number of para-hydroxylation sites is 1. The maximum atomic E-state index is 13.4. The van der Waals surface area contributed by atoms with Gasteiger partial charge in [0.1, 0.15) is 5.82 Å². The van der Waals surface area contributed by atoms with Gasteiger partial charge < -0.3 is 26.9 Å². The van der Waals surface area contributed by atoms with Crippen LogP contribution in [0.2, 0.25) is 0 Å². The second kappa shape index (κ2) is 9.30. The molecule has 28 heavy (non-hydrogen) atoms. The van der Waals surface area contributed by atoms with Gasteiger partial charge in [-0.1, -0.05) is 37.3 Å². The molecule has 0 aliphatic carbocycles. The Hall–Kier alpha value is -2.25. The maximum absolute atomic E-state index is 13.4. The summed E-state index contributed by atoms with van der Waals surface area (Å²) >= 11 is 0. The molecule has 0 unspecified atom stereocenters. The van der Waals surface area contributed by atoms with E-state index in [2.05, 4.69) is 16.4 Å². The molecule has 0 saturated heterocycles. The SMILES string of the molecule is CC[C@H](CN)[C@@H](O)[C@H](N)CNCc1[nH]c2ccccc2c1-c1ccc(F)cc1. The molecular formula is C22H29FN4O. The standard InChI is InChI=1S/C22H29FN4O/c1-2-14(11-24)22(28)18(25)12-26-13-20-21(15-7-9-16(23)10-8-15)17-5-3-4-6-19(17)27-20/h3-10,14,18,22,26-28H,2,11-13,24-25H2,1H3/t14-,18-,22-/m1/s1. The second-order valence-corrected chi connectivity index (χ2v) is 7.22. The normalized spacial score (nSPS) is 14.9. The Morgan fingerprint density at radius 3 is 2.54 bits per heavy atom. The number of rotatable bonds is 9. The summed E-state index contributed by atoms with van der Waals surface area (Å²) in [5.74, 6) is -0.256. The highest BCUT2D eigenvalue weighted by Gasteiger charge is 2.22. The average Bonchev–Trinajstić information content (AvgIpc) is 3.07. The van der Waals surface area contributed by atoms with Crippen LogP contribution in [0.4, 0.5) is 4.39 Å². The number of nitrogens with two attached hydrogens (primary N) is 2. The van der Waals surface area contributed by atoms with E-state index in [9.17, 15) is 9.50 Å². The highest BCUT2D eigenvalue weighted by Crippen LogP contribution is 2.32. The van der Waals surface area contributed by atoms with E-state index in [1.807, 2.05) is 25.1 Å². The van der Waals surface area contributed by atoms with E-state index in [0.717, 1.165) is 34.1 Å². The molecular weight excluding hydrogens is 355 g/mol. The molecule has 3 atom stereocenters. The van der Waals surface area contributed by atoms with Crippen molar-refractivity contribution in [2.45, 2.75) is 32.0 Å². The molecule has 2 aromatic carbocycles. The van der Waals surface area contributed by atoms with Crippen LogP contribution in [-0.2, 0) is 6.54 Å². The summed E-state index contributed by atoms with van der Waals surface area (Å²) in [6.45, 7) is 3.44. The molecule has 3 aromatic rings. The van der Waals surface area contributed by atoms with Crippen LogP contribution >= 0.6 is 0 Å². The maximum Gasteiger partial charge on any atom is 0.123 e. The minimum Gasteiger partial charge on any atom is -0.391 e. The van der Waals surface area contributed by atoms with Gasteiger partial charge in [0.25, 0.3) is 0 Å². The number of H-pyrrole nitrogens is 1. The molecule has 0 aliphatic rings. The lowest BCUT2D eigenvalue weighted by molar-refractivity contribution is 0.0828. The fraction of sp³-hybridized carbons (Fsp3) is 0.364. The Balaban J connectivity index is 1.78. The Morgan fingerprint density at radius 2 is 1.86 bits per heavy atom. The fourth-order valence-corrected chi connectivity index (χ4v) is 3.66. The van der Waals surface area contributed by atoms with Crippen LogP contribution in [0.3, 0.4) is 0 Å². The Kier molecular flexibility index (Phi) is 6.80. The largest absolute Gasteiger partial charge is 0.391 e. The molecule has 0 amide bonds. The van der Waals surface area contributed by atoms with Gasteiger partial charge in [0.2, 0.25) is 0 Å². The number of aliphatic hydroxyl groups is 1. The first kappa shape index (κ1) is 20.5. The van der Waals surface area contributed by atoms with Crippen molar-refractivity contribution in [1.82, 2.24) is 10.3 Å². The zero-order chi connectivity index (χ0) is 20.1. The number of aromatic nitrogens is 1. The van der Waals surface area contributed by atoms with Crippen molar-refractivity contribution in [3.05, 3.63) is 60.0 Å². The van der Waals surface area contributed by atoms with Gasteiger partial charge in [-0.05, 0) is 42.6 Å². The third-order valence-corrected chi connectivity index (χ3v) is 5.35. The first-order valence-corrected chi connectivity index (χ1v) is 9.75. The minimum absolute atomic E-state index is 0.000322. The van der Waals surface area contributed by atoms with Crippen molar-refractivity contribution in [3.63, 3.8) is 0 Å². The summed E-state index contributed by atoms with van der Waals surface area (Å²) < 4.78 is 13.4. The predicted octanol–water partition coefficient (Wildman–Crippen LogP) is 2.74. The summed E-state index contributed by atoms with van der Waals surface area (Å²) in [4.78, 5) is 3.45. The zero-order valence-electron chi connectivity index (χ0n) is 16.2. The lowest BCUT2D eigenvalue weighted by Crippen LogP contribution is -2.48. The number of aliphatic hydroxyl groups excluding tert-OH is 1. The molecule has 7 N–H and O–H groups in total. The van der Waals surface area contributed by atoms with Crippen LogP contribution in [0.15, 0.2) is 48.5 Å². The van der Waals surface area contributed by atoms with Crippen LogP contribution in [0.5, 0.6) is 0 Å². The molecule has 0 aliphatic heterocycles. The van der Waals surface area contributed by atoms with E-state index in [1.54, 1.807) is 12.1 Å². The molecule has 0 spiro atoms. The third kappa shape index (κ3) is 4.42. The lowest BCUT2D eigenvalue weighted by Gasteiger charge is -2.26. The smallest absolute Gasteiger partial charge is 0.123 e. The van der Waals surface area contributed by atoms with Gasteiger partial charge >= 0.3 is 0 Å². The van der Waals surface area contributed by atoms with Gasteiger partial charge in [-0.25, -0.2) is 4.39 Å². The monoisotopic (exact) mass is 384 g/mol. The average molecular weight is 384 g/mol. The van der Waals surface area contributed by atoms with Gasteiger partial charge in [-0.3, -0.25) is 0 Å². The number of fused-ring (bicyclic) bond motifs is 1. The quantitative estimate of drug-likeness (QED) is 0.392. The molecule has 0 saturated carbocycles. The number of nitrogens with one attached hydrogen (secondary N) is 2. The molecule has 0 bridgehead atoms. The molecule has 0 fully saturated rings. The Bertz CT molecular complexity index is 889. The van der Waals surface area contributed by atoms with Crippen molar-refractivity contribution in [1.29, 1.82) is 0 Å². The number of halogens is 1. The van der Waals surface area contributed by atoms with E-state index in [0.29, 0.717) is 19.6 Å². The van der Waals surface area contributed by atoms with Crippen LogP contribution in [-0.4, -0.2) is 35.3 Å². The summed E-state index contributed by atoms with van der Waals surface area (Å²) in [6.07, 6.45) is 0.157. The summed E-state index contributed by atoms with van der Waals surface area (Å²) in [5, 5.41) is 14.8. The Labute approximate surface area is 164 Å². The number of aromatic amines is 1. The van der Waals surface area contributed by atoms with E-state index >= 15 is 0 Å². The van der Waals surface area contributed by atoms with Crippen LogP contribution < -0.4 is 16.8 Å². The summed E-state index contributed by atoms with van der Waals surface area (Å²) in [5.41, 5.74) is 15.9. The van der Waals surface area contributed by atoms with E-state index in [-0.39, 0.29) is 11.7 Å². The second-order valence-electron chi connectivity index (χ2n) is 7.22. The molecule has 1 heterocycles. The fourth-order valence-electron chi connectivity index (χ4n) is 3.66. The Morgan fingerprint density at radius 1 is 1.14 bits per heavy atom. The first-order chi connectivity index (χ1) is 13.5. The van der Waals surface area contributed by atoms with Crippen LogP contribution in [0, 0.1) is 11.7 Å². The number of hydrogen-bond donors (Lipinski definition) is 5. The minimum atomic E-state index is -0.637. The van der Waals surface area contributed by atoms with E-state index in [4.69, 9.17) is 11.5 Å². The first-order valence-electron chi connectivity index (χ1n) is 9.75. The topological polar surface area (TPSA) is 100 Å². The molecule has 3 rings (SSSR count). The predicted molar refractivity (Wildman–Crippen MR) is 112 cm³/mol. The highest BCUT2D eigenvalue weighted by molar-refractivity contribution is 5.97. The molecule has 1 aromatic heterocycles. The van der Waals surface area contributed by atoms with Crippen molar-refractivity contribution in [2.75, 3.05) is 13.1 Å². The lowest BCUT2D eigenvalue weighted by atomic mass is 9.94. The molecule has 0 radical (unpaired) electrons. The van der Waals surface area contributed by atoms with Gasteiger partial charge in [0.15, 0.2) is 0 Å². The van der Waals surface area contributed by atoms with Crippen molar-refractivity contribution in [3.8, 4) is 11.1 Å². The summed E-state index contributed by atoms with van der Waals surface area (Å²) in [7, 11) is 0. The van der Waals surface area contributed by atoms with Gasteiger partial charge in [-0.2, -0.15) is 0 Å². The van der Waals surface area contributed by atoms with Crippen molar-refractivity contribution >= 4 is 10.9 Å². The van der Waals surface area contributed by atoms with Gasteiger partial charge in [0.05, 0.1) is 6.10 Å². The molecule has 5 nitrogen and oxygen atoms in total. The molecule has 6 heteroatoms.